The minimum atomic E-state index is -0.965. The van der Waals surface area contributed by atoms with Crippen LogP contribution in [0.15, 0.2) is 43.0 Å². The smallest absolute Gasteiger partial charge is 0.252 e. The van der Waals surface area contributed by atoms with Crippen molar-refractivity contribution in [2.75, 3.05) is 12.4 Å². The maximum atomic E-state index is 13.6. The minimum Gasteiger partial charge on any atom is -0.368 e. The molecule has 5 heterocycles. The van der Waals surface area contributed by atoms with Gasteiger partial charge >= 0.3 is 0 Å². The highest BCUT2D eigenvalue weighted by atomic mass is 19.1. The summed E-state index contributed by atoms with van der Waals surface area (Å²) in [4.78, 5) is 27.8. The van der Waals surface area contributed by atoms with Gasteiger partial charge in [0.15, 0.2) is 23.1 Å². The molecule has 1 amide bonds. The monoisotopic (exact) mass is 587 g/mol. The second-order valence-corrected chi connectivity index (χ2v) is 10.9. The fraction of sp³-hybridized carbons (Fsp3) is 0.414. The van der Waals surface area contributed by atoms with E-state index in [0.717, 1.165) is 28.5 Å². The number of methoxy groups -OCH3 is 1. The molecule has 14 heteroatoms. The van der Waals surface area contributed by atoms with Gasteiger partial charge in [-0.25, -0.2) is 28.7 Å². The molecular formula is C29H34FN11O2. The van der Waals surface area contributed by atoms with Crippen LogP contribution >= 0.6 is 0 Å². The van der Waals surface area contributed by atoms with Gasteiger partial charge in [-0.15, -0.1) is 0 Å². The van der Waals surface area contributed by atoms with Crippen LogP contribution in [0.3, 0.4) is 0 Å². The van der Waals surface area contributed by atoms with Gasteiger partial charge in [0.25, 0.3) is 5.91 Å². The van der Waals surface area contributed by atoms with E-state index in [-0.39, 0.29) is 17.9 Å². The minimum absolute atomic E-state index is 0.0449. The third-order valence-electron chi connectivity index (χ3n) is 8.13. The van der Waals surface area contributed by atoms with E-state index >= 15 is 0 Å². The quantitative estimate of drug-likeness (QED) is 0.230. The van der Waals surface area contributed by atoms with E-state index in [1.807, 2.05) is 37.6 Å². The molecule has 3 N–H and O–H groups in total. The Balaban J connectivity index is 1.16. The maximum Gasteiger partial charge on any atom is 0.252 e. The lowest BCUT2D eigenvalue weighted by molar-refractivity contribution is -0.148. The topological polar surface area (TPSA) is 153 Å². The molecule has 5 aromatic heterocycles. The normalized spacial score (nSPS) is 19.4. The molecule has 1 aliphatic carbocycles. The number of carbonyl (C=O) groups is 1. The van der Waals surface area contributed by atoms with Gasteiger partial charge in [-0.05, 0) is 58.1 Å². The van der Waals surface area contributed by atoms with E-state index in [4.69, 9.17) is 14.7 Å². The predicted molar refractivity (Wildman–Crippen MR) is 156 cm³/mol. The largest absolute Gasteiger partial charge is 0.368 e. The average molecular weight is 588 g/mol. The Morgan fingerprint density at radius 3 is 2.65 bits per heavy atom. The first kappa shape index (κ1) is 28.4. The van der Waals surface area contributed by atoms with Crippen LogP contribution in [0.25, 0.3) is 16.9 Å². The number of fused-ring (bicyclic) bond motifs is 1. The van der Waals surface area contributed by atoms with Gasteiger partial charge < -0.3 is 15.4 Å². The van der Waals surface area contributed by atoms with E-state index in [1.165, 1.54) is 10.9 Å². The molecule has 1 aliphatic rings. The Labute approximate surface area is 247 Å². The zero-order valence-corrected chi connectivity index (χ0v) is 24.5. The number of halogens is 1. The van der Waals surface area contributed by atoms with Gasteiger partial charge in [0.05, 0.1) is 30.0 Å². The molecule has 0 bridgehead atoms. The molecular weight excluding hydrogens is 553 g/mol. The molecule has 5 aromatic rings. The first-order valence-corrected chi connectivity index (χ1v) is 14.3. The van der Waals surface area contributed by atoms with Crippen molar-refractivity contribution in [3.05, 3.63) is 65.9 Å². The van der Waals surface area contributed by atoms with Gasteiger partial charge in [-0.1, -0.05) is 6.07 Å². The van der Waals surface area contributed by atoms with Crippen molar-refractivity contribution >= 4 is 28.6 Å². The maximum absolute atomic E-state index is 13.6. The molecule has 43 heavy (non-hydrogen) atoms. The number of rotatable bonds is 9. The molecule has 13 nitrogen and oxygen atoms in total. The second kappa shape index (κ2) is 11.5. The summed E-state index contributed by atoms with van der Waals surface area (Å²) < 4.78 is 22.4. The number of pyridine rings is 1. The molecule has 1 saturated carbocycles. The van der Waals surface area contributed by atoms with Crippen LogP contribution in [0.5, 0.6) is 0 Å². The van der Waals surface area contributed by atoms with Crippen molar-refractivity contribution in [3.8, 4) is 5.82 Å². The molecule has 0 aliphatic heterocycles. The number of ether oxygens (including phenoxy) is 1. The Morgan fingerprint density at radius 2 is 2.02 bits per heavy atom. The first-order chi connectivity index (χ1) is 20.8. The van der Waals surface area contributed by atoms with E-state index in [2.05, 4.69) is 36.0 Å². The fourth-order valence-electron chi connectivity index (χ4n) is 5.58. The van der Waals surface area contributed by atoms with Crippen molar-refractivity contribution in [3.63, 3.8) is 0 Å². The van der Waals surface area contributed by atoms with Crippen LogP contribution in [0.1, 0.15) is 68.6 Å². The number of aromatic nitrogens is 9. The van der Waals surface area contributed by atoms with E-state index in [1.54, 1.807) is 25.6 Å². The summed E-state index contributed by atoms with van der Waals surface area (Å²) in [6, 6.07) is 5.18. The lowest BCUT2D eigenvalue weighted by Gasteiger charge is -2.38. The van der Waals surface area contributed by atoms with Crippen molar-refractivity contribution in [2.24, 2.45) is 0 Å². The van der Waals surface area contributed by atoms with Crippen molar-refractivity contribution in [1.29, 1.82) is 0 Å². The van der Waals surface area contributed by atoms with E-state index < -0.39 is 11.4 Å². The van der Waals surface area contributed by atoms with E-state index in [0.29, 0.717) is 55.5 Å². The Morgan fingerprint density at radius 1 is 1.21 bits per heavy atom. The number of aryl methyl sites for hydroxylation is 2. The molecule has 224 valence electrons. The number of anilines is 2. The van der Waals surface area contributed by atoms with Gasteiger partial charge in [0.2, 0.25) is 0 Å². The summed E-state index contributed by atoms with van der Waals surface area (Å²) in [6.07, 6.45) is 8.20. The standard InChI is InChI=1S/C29H34FN11O2/c1-5-40-27-22(15-33-40)26(35-23-12-17(2)38-39-23)36-25(37-27)19-8-10-29(43-4,11-9-19)28(42)34-18(3)20-6-7-24(31-13-20)41-16-21(30)14-32-41/h6-7,12-16,18-19H,5,8-11H2,1-4H3,(H,34,42)(H2,35,36,37,38,39)/t18-,19?,29?/m0/s1. The van der Waals surface area contributed by atoms with Gasteiger partial charge in [-0.2, -0.15) is 15.3 Å². The third kappa shape index (κ3) is 5.57. The number of hydrogen-bond donors (Lipinski definition) is 3. The average Bonchev–Trinajstić information content (AvgIpc) is 3.76. The SMILES string of the molecule is CCn1ncc2c(Nc3cc(C)[nH]n3)nc(C3CCC(OC)(C(=O)N[C@@H](C)c4ccc(-n5cc(F)cn5)nc4)CC3)nc21. The van der Waals surface area contributed by atoms with Gasteiger partial charge in [-0.3, -0.25) is 9.89 Å². The lowest BCUT2D eigenvalue weighted by Crippen LogP contribution is -2.50. The Kier molecular flexibility index (Phi) is 7.61. The summed E-state index contributed by atoms with van der Waals surface area (Å²) in [6.45, 7) is 6.54. The van der Waals surface area contributed by atoms with Crippen LogP contribution in [0.4, 0.5) is 16.0 Å². The lowest BCUT2D eigenvalue weighted by atomic mass is 9.77. The molecule has 1 atom stereocenters. The summed E-state index contributed by atoms with van der Waals surface area (Å²) in [5.74, 6) is 1.95. The number of aromatic amines is 1. The highest BCUT2D eigenvalue weighted by Crippen LogP contribution is 2.40. The summed E-state index contributed by atoms with van der Waals surface area (Å²) in [7, 11) is 1.58. The Hall–Kier alpha value is -4.72. The molecule has 1 fully saturated rings. The number of nitrogens with zero attached hydrogens (tertiary/aromatic N) is 8. The van der Waals surface area contributed by atoms with Crippen molar-refractivity contribution in [1.82, 2.24) is 50.0 Å². The molecule has 0 spiro atoms. The first-order valence-electron chi connectivity index (χ1n) is 14.3. The zero-order valence-electron chi connectivity index (χ0n) is 24.5. The molecule has 0 saturated heterocycles. The van der Waals surface area contributed by atoms with Crippen LogP contribution in [-0.2, 0) is 16.1 Å². The van der Waals surface area contributed by atoms with Crippen molar-refractivity contribution in [2.45, 2.75) is 70.6 Å². The molecule has 0 unspecified atom stereocenters. The highest BCUT2D eigenvalue weighted by Gasteiger charge is 2.43. The fourth-order valence-corrected chi connectivity index (χ4v) is 5.58. The van der Waals surface area contributed by atoms with Gasteiger partial charge in [0, 0.05) is 37.5 Å². The summed E-state index contributed by atoms with van der Waals surface area (Å²) in [5.41, 5.74) is 1.54. The molecule has 0 radical (unpaired) electrons. The van der Waals surface area contributed by atoms with E-state index in [9.17, 15) is 9.18 Å². The van der Waals surface area contributed by atoms with Crippen LogP contribution in [0.2, 0.25) is 0 Å². The second-order valence-electron chi connectivity index (χ2n) is 10.9. The Bertz CT molecular complexity index is 1730. The number of hydrogen-bond acceptors (Lipinski definition) is 9. The predicted octanol–water partition coefficient (Wildman–Crippen LogP) is 4.26. The third-order valence-corrected chi connectivity index (χ3v) is 8.13. The van der Waals surface area contributed by atoms with Crippen LogP contribution in [-0.4, -0.2) is 63.3 Å². The van der Waals surface area contributed by atoms with Gasteiger partial charge in [0.1, 0.15) is 17.2 Å². The molecule has 0 aromatic carbocycles. The summed E-state index contributed by atoms with van der Waals surface area (Å²) >= 11 is 0. The highest BCUT2D eigenvalue weighted by molar-refractivity contribution is 5.88. The van der Waals surface area contributed by atoms with Crippen LogP contribution in [0, 0.1) is 12.7 Å². The number of amides is 1. The summed E-state index contributed by atoms with van der Waals surface area (Å²) in [5, 5.41) is 22.9. The zero-order chi connectivity index (χ0) is 30.1. The molecule has 6 rings (SSSR count). The van der Waals surface area contributed by atoms with Crippen molar-refractivity contribution < 1.29 is 13.9 Å². The number of nitrogens with one attached hydrogen (secondary N) is 3. The number of carbonyl (C=O) groups excluding carboxylic acids is 1. The van der Waals surface area contributed by atoms with Crippen LogP contribution < -0.4 is 10.6 Å². The number of H-pyrrole nitrogens is 1.